The number of primary sulfonamides is 1. The van der Waals surface area contributed by atoms with Crippen molar-refractivity contribution in [2.24, 2.45) is 5.14 Å². The van der Waals surface area contributed by atoms with Gasteiger partial charge < -0.3 is 4.90 Å². The Labute approximate surface area is 177 Å². The van der Waals surface area contributed by atoms with Gasteiger partial charge in [0.05, 0.1) is 16.2 Å². The molecule has 0 unspecified atom stereocenters. The summed E-state index contributed by atoms with van der Waals surface area (Å²) in [6, 6.07) is 18.2. The van der Waals surface area contributed by atoms with E-state index in [-0.39, 0.29) is 16.3 Å². The maximum atomic E-state index is 13.4. The Morgan fingerprint density at radius 3 is 2.13 bits per heavy atom. The lowest BCUT2D eigenvalue weighted by molar-refractivity contribution is -0.120. The number of thiophene rings is 1. The van der Waals surface area contributed by atoms with Crippen molar-refractivity contribution in [1.82, 2.24) is 0 Å². The van der Waals surface area contributed by atoms with E-state index in [9.17, 15) is 18.0 Å². The third-order valence-corrected chi connectivity index (χ3v) is 6.55. The number of nitrogens with two attached hydrogens (primary N) is 1. The second kappa shape index (κ2) is 7.52. The summed E-state index contributed by atoms with van der Waals surface area (Å²) in [7, 11) is -2.15. The van der Waals surface area contributed by atoms with E-state index in [1.165, 1.54) is 35.6 Å². The van der Waals surface area contributed by atoms with Gasteiger partial charge in [0.25, 0.3) is 11.8 Å². The number of benzene rings is 2. The number of carbonyl (C=O) groups excluding carboxylic acids is 2. The molecule has 9 heteroatoms. The van der Waals surface area contributed by atoms with Gasteiger partial charge in [0.15, 0.2) is 0 Å². The number of anilines is 2. The summed E-state index contributed by atoms with van der Waals surface area (Å²) in [6.45, 7) is 0. The van der Waals surface area contributed by atoms with Gasteiger partial charge >= 0.3 is 0 Å². The lowest BCUT2D eigenvalue weighted by Crippen LogP contribution is -2.34. The molecular formula is C21H17N3O4S2. The summed E-state index contributed by atoms with van der Waals surface area (Å²) in [5.74, 6) is -0.957. The topological polar surface area (TPSA) is 101 Å². The summed E-state index contributed by atoms with van der Waals surface area (Å²) in [4.78, 5) is 30.0. The molecule has 2 amide bonds. The molecule has 0 atom stereocenters. The molecule has 0 bridgehead atoms. The van der Waals surface area contributed by atoms with E-state index in [0.29, 0.717) is 10.5 Å². The minimum Gasteiger partial charge on any atom is -0.339 e. The summed E-state index contributed by atoms with van der Waals surface area (Å²) in [5, 5.41) is 6.98. The molecule has 1 aromatic heterocycles. The van der Waals surface area contributed by atoms with E-state index < -0.39 is 21.8 Å². The smallest absolute Gasteiger partial charge is 0.282 e. The highest BCUT2D eigenvalue weighted by Crippen LogP contribution is 2.37. The molecule has 1 aliphatic rings. The zero-order valence-electron chi connectivity index (χ0n) is 15.8. The Hall–Kier alpha value is -3.27. The second-order valence-electron chi connectivity index (χ2n) is 6.58. The van der Waals surface area contributed by atoms with Crippen LogP contribution in [0.15, 0.2) is 82.7 Å². The molecule has 3 aromatic rings. The van der Waals surface area contributed by atoms with Crippen LogP contribution >= 0.6 is 11.3 Å². The van der Waals surface area contributed by atoms with Gasteiger partial charge in [0.1, 0.15) is 5.70 Å². The number of para-hydroxylation sites is 1. The molecule has 2 heterocycles. The Morgan fingerprint density at radius 2 is 1.57 bits per heavy atom. The fourth-order valence-corrected chi connectivity index (χ4v) is 4.55. The molecular weight excluding hydrogens is 422 g/mol. The van der Waals surface area contributed by atoms with Crippen LogP contribution in [0.5, 0.6) is 0 Å². The maximum absolute atomic E-state index is 13.4. The Kier molecular flexibility index (Phi) is 5.02. The third-order valence-electron chi connectivity index (χ3n) is 4.73. The van der Waals surface area contributed by atoms with Crippen LogP contribution in [0.25, 0.3) is 5.57 Å². The van der Waals surface area contributed by atoms with Gasteiger partial charge in [-0.05, 0) is 47.8 Å². The first-order valence-corrected chi connectivity index (χ1v) is 11.3. The number of nitrogens with zero attached hydrogens (tertiary/aromatic N) is 2. The molecule has 0 saturated carbocycles. The number of rotatable bonds is 5. The first kappa shape index (κ1) is 20.0. The normalized spacial score (nSPS) is 14.5. The SMILES string of the molecule is CN(C1=C(c2cccs2)C(=O)N(c2ccc(S(N)(=O)=O)cc2)C1=O)c1ccccc1. The van der Waals surface area contributed by atoms with Gasteiger partial charge in [-0.15, -0.1) is 11.3 Å². The lowest BCUT2D eigenvalue weighted by Gasteiger charge is -2.21. The van der Waals surface area contributed by atoms with Crippen molar-refractivity contribution in [3.63, 3.8) is 0 Å². The Balaban J connectivity index is 1.81. The van der Waals surface area contributed by atoms with E-state index in [1.807, 2.05) is 41.8 Å². The molecule has 1 aliphatic heterocycles. The second-order valence-corrected chi connectivity index (χ2v) is 9.09. The molecule has 0 fully saturated rings. The predicted octanol–water partition coefficient (Wildman–Crippen LogP) is 2.82. The minimum absolute atomic E-state index is 0.0987. The first-order valence-electron chi connectivity index (χ1n) is 8.87. The van der Waals surface area contributed by atoms with Crippen molar-refractivity contribution >= 4 is 50.1 Å². The van der Waals surface area contributed by atoms with Crippen molar-refractivity contribution in [2.75, 3.05) is 16.8 Å². The largest absolute Gasteiger partial charge is 0.339 e. The molecule has 7 nitrogen and oxygen atoms in total. The average molecular weight is 440 g/mol. The molecule has 152 valence electrons. The predicted molar refractivity (Wildman–Crippen MR) is 116 cm³/mol. The van der Waals surface area contributed by atoms with Crippen LogP contribution in [0.1, 0.15) is 4.88 Å². The van der Waals surface area contributed by atoms with Gasteiger partial charge in [-0.2, -0.15) is 0 Å². The summed E-state index contributed by atoms with van der Waals surface area (Å²) < 4.78 is 23.0. The number of amides is 2. The van der Waals surface area contributed by atoms with Gasteiger partial charge in [-0.25, -0.2) is 18.5 Å². The van der Waals surface area contributed by atoms with E-state index in [1.54, 1.807) is 18.0 Å². The summed E-state index contributed by atoms with van der Waals surface area (Å²) in [5.41, 5.74) is 1.58. The van der Waals surface area contributed by atoms with Crippen molar-refractivity contribution in [3.8, 4) is 0 Å². The quantitative estimate of drug-likeness (QED) is 0.616. The zero-order chi connectivity index (χ0) is 21.5. The van der Waals surface area contributed by atoms with E-state index in [0.717, 1.165) is 10.6 Å². The first-order chi connectivity index (χ1) is 14.3. The molecule has 2 N–H and O–H groups in total. The summed E-state index contributed by atoms with van der Waals surface area (Å²) in [6.07, 6.45) is 0. The van der Waals surface area contributed by atoms with Crippen LogP contribution in [0.3, 0.4) is 0 Å². The van der Waals surface area contributed by atoms with Crippen LogP contribution in [-0.4, -0.2) is 27.3 Å². The van der Waals surface area contributed by atoms with Crippen molar-refractivity contribution < 1.29 is 18.0 Å². The van der Waals surface area contributed by atoms with Crippen LogP contribution < -0.4 is 14.9 Å². The van der Waals surface area contributed by atoms with Crippen molar-refractivity contribution in [2.45, 2.75) is 4.90 Å². The van der Waals surface area contributed by atoms with Gasteiger partial charge in [0.2, 0.25) is 10.0 Å². The lowest BCUT2D eigenvalue weighted by atomic mass is 10.1. The van der Waals surface area contributed by atoms with Crippen molar-refractivity contribution in [3.05, 3.63) is 82.7 Å². The van der Waals surface area contributed by atoms with Gasteiger partial charge in [-0.1, -0.05) is 24.3 Å². The van der Waals surface area contributed by atoms with Crippen LogP contribution in [-0.2, 0) is 19.6 Å². The highest BCUT2D eigenvalue weighted by Gasteiger charge is 2.42. The Bertz CT molecular complexity index is 1250. The summed E-state index contributed by atoms with van der Waals surface area (Å²) >= 11 is 1.37. The van der Waals surface area contributed by atoms with Crippen LogP contribution in [0.2, 0.25) is 0 Å². The third kappa shape index (κ3) is 3.43. The standard InChI is InChI=1S/C21H17N3O4S2/c1-23(14-6-3-2-4-7-14)19-18(17-8-5-13-29-17)20(25)24(21(19)26)15-9-11-16(12-10-15)30(22,27)28/h2-13H,1H3,(H2,22,27,28). The maximum Gasteiger partial charge on any atom is 0.282 e. The number of hydrogen-bond donors (Lipinski definition) is 1. The van der Waals surface area contributed by atoms with E-state index in [4.69, 9.17) is 5.14 Å². The van der Waals surface area contributed by atoms with Crippen LogP contribution in [0.4, 0.5) is 11.4 Å². The number of sulfonamides is 1. The monoisotopic (exact) mass is 439 g/mol. The van der Waals surface area contributed by atoms with Gasteiger partial charge in [-0.3, -0.25) is 9.59 Å². The number of imide groups is 1. The number of carbonyl (C=O) groups is 2. The number of hydrogen-bond acceptors (Lipinski definition) is 6. The molecule has 4 rings (SSSR count). The zero-order valence-corrected chi connectivity index (χ0v) is 17.5. The molecule has 2 aromatic carbocycles. The van der Waals surface area contributed by atoms with E-state index in [2.05, 4.69) is 0 Å². The molecule has 0 saturated heterocycles. The highest BCUT2D eigenvalue weighted by atomic mass is 32.2. The molecule has 30 heavy (non-hydrogen) atoms. The molecule has 0 radical (unpaired) electrons. The van der Waals surface area contributed by atoms with Crippen LogP contribution in [0, 0.1) is 0 Å². The number of likely N-dealkylation sites (N-methyl/N-ethyl adjacent to an activating group) is 1. The Morgan fingerprint density at radius 1 is 0.900 bits per heavy atom. The molecule has 0 aliphatic carbocycles. The van der Waals surface area contributed by atoms with E-state index >= 15 is 0 Å². The van der Waals surface area contributed by atoms with Crippen molar-refractivity contribution in [1.29, 1.82) is 0 Å². The highest BCUT2D eigenvalue weighted by molar-refractivity contribution is 7.89. The van der Waals surface area contributed by atoms with Gasteiger partial charge in [0, 0.05) is 17.6 Å². The fraction of sp³-hybridized carbons (Fsp3) is 0.0476. The average Bonchev–Trinajstić information content (AvgIpc) is 3.33. The minimum atomic E-state index is -3.88. The molecule has 0 spiro atoms. The fourth-order valence-electron chi connectivity index (χ4n) is 3.27.